The smallest absolute Gasteiger partial charge is 0.248 e. The van der Waals surface area contributed by atoms with Gasteiger partial charge in [0.1, 0.15) is 0 Å². The highest BCUT2D eigenvalue weighted by Crippen LogP contribution is 2.23. The van der Waals surface area contributed by atoms with Gasteiger partial charge in [0.15, 0.2) is 0 Å². The van der Waals surface area contributed by atoms with E-state index >= 15 is 0 Å². The molecule has 6 heteroatoms. The molecule has 0 radical (unpaired) electrons. The molecule has 0 aliphatic rings. The number of carbonyl (C=O) groups excluding carboxylic acids is 1. The number of hydrogen-bond acceptors (Lipinski definition) is 5. The lowest BCUT2D eigenvalue weighted by molar-refractivity contribution is 0.100. The van der Waals surface area contributed by atoms with Crippen molar-refractivity contribution >= 4 is 17.3 Å². The molecule has 0 spiro atoms. The lowest BCUT2D eigenvalue weighted by Gasteiger charge is -2.10. The monoisotopic (exact) mass is 317 g/mol. The van der Waals surface area contributed by atoms with Gasteiger partial charge in [-0.05, 0) is 30.3 Å². The van der Waals surface area contributed by atoms with Crippen LogP contribution < -0.4 is 11.5 Å². The van der Waals surface area contributed by atoms with Gasteiger partial charge in [-0.25, -0.2) is 0 Å². The molecule has 6 nitrogen and oxygen atoms in total. The van der Waals surface area contributed by atoms with Crippen LogP contribution in [-0.2, 0) is 0 Å². The molecule has 0 bridgehead atoms. The largest absolute Gasteiger partial charge is 0.397 e. The average Bonchev–Trinajstić information content (AvgIpc) is 2.62. The molecule has 2 heterocycles. The number of hydrogen-bond donors (Lipinski definition) is 3. The Bertz CT molecular complexity index is 922. The lowest BCUT2D eigenvalue weighted by Crippen LogP contribution is -2.13. The lowest BCUT2D eigenvalue weighted by atomic mass is 9.98. The van der Waals surface area contributed by atoms with E-state index in [2.05, 4.69) is 9.97 Å². The molecular weight excluding hydrogens is 302 g/mol. The van der Waals surface area contributed by atoms with Crippen molar-refractivity contribution < 1.29 is 4.79 Å². The van der Waals surface area contributed by atoms with Gasteiger partial charge in [-0.15, -0.1) is 0 Å². The van der Waals surface area contributed by atoms with Crippen LogP contribution in [-0.4, -0.2) is 21.6 Å². The first-order valence-corrected chi connectivity index (χ1v) is 7.21. The molecule has 3 rings (SSSR count). The summed E-state index contributed by atoms with van der Waals surface area (Å²) in [6.45, 7) is 0. The molecular formula is C18H15N5O. The Morgan fingerprint density at radius 1 is 1.04 bits per heavy atom. The van der Waals surface area contributed by atoms with Gasteiger partial charge >= 0.3 is 0 Å². The van der Waals surface area contributed by atoms with Crippen molar-refractivity contribution in [3.8, 4) is 11.3 Å². The van der Waals surface area contributed by atoms with Crippen molar-refractivity contribution in [3.63, 3.8) is 0 Å². The van der Waals surface area contributed by atoms with Crippen LogP contribution in [0.15, 0.2) is 61.1 Å². The van der Waals surface area contributed by atoms with Crippen LogP contribution in [0.3, 0.4) is 0 Å². The number of nitrogens with one attached hydrogen (secondary N) is 1. The van der Waals surface area contributed by atoms with Gasteiger partial charge in [0.25, 0.3) is 0 Å². The van der Waals surface area contributed by atoms with Crippen LogP contribution in [0, 0.1) is 5.41 Å². The van der Waals surface area contributed by atoms with E-state index in [-0.39, 0.29) is 5.71 Å². The molecule has 0 fully saturated rings. The second kappa shape index (κ2) is 6.29. The van der Waals surface area contributed by atoms with Crippen molar-refractivity contribution in [2.24, 2.45) is 5.73 Å². The standard InChI is InChI=1S/C18H15N5O/c19-15-10-23-16(13-5-2-6-22-9-13)8-14(15)17(20)11-3-1-4-12(7-11)18(21)24/h1-10,20H,19H2,(H2,21,24). The SMILES string of the molecule is N=C(c1cccc(C(N)=O)c1)c1cc(-c2cccnc2)ncc1N. The molecule has 3 aromatic rings. The molecule has 2 aromatic heterocycles. The van der Waals surface area contributed by atoms with Gasteiger partial charge in [-0.1, -0.05) is 12.1 Å². The number of primary amides is 1. The Kier molecular flexibility index (Phi) is 4.03. The second-order valence-corrected chi connectivity index (χ2v) is 5.22. The summed E-state index contributed by atoms with van der Waals surface area (Å²) < 4.78 is 0. The van der Waals surface area contributed by atoms with Gasteiger partial charge in [-0.3, -0.25) is 20.2 Å². The Morgan fingerprint density at radius 3 is 2.54 bits per heavy atom. The van der Waals surface area contributed by atoms with Crippen LogP contribution in [0.25, 0.3) is 11.3 Å². The number of pyridine rings is 2. The van der Waals surface area contributed by atoms with Crippen molar-refractivity contribution in [2.45, 2.75) is 0 Å². The first-order valence-electron chi connectivity index (χ1n) is 7.21. The van der Waals surface area contributed by atoms with Gasteiger partial charge in [-0.2, -0.15) is 0 Å². The van der Waals surface area contributed by atoms with E-state index in [1.807, 2.05) is 12.1 Å². The quantitative estimate of drug-likeness (QED) is 0.639. The van der Waals surface area contributed by atoms with E-state index in [0.717, 1.165) is 5.56 Å². The molecule has 0 aliphatic heterocycles. The Balaban J connectivity index is 2.04. The van der Waals surface area contributed by atoms with E-state index < -0.39 is 5.91 Å². The zero-order valence-electron chi connectivity index (χ0n) is 12.7. The van der Waals surface area contributed by atoms with Gasteiger partial charge in [0, 0.05) is 34.6 Å². The average molecular weight is 317 g/mol. The summed E-state index contributed by atoms with van der Waals surface area (Å²) in [5.74, 6) is -0.539. The van der Waals surface area contributed by atoms with E-state index in [4.69, 9.17) is 16.9 Å². The summed E-state index contributed by atoms with van der Waals surface area (Å²) in [5.41, 5.74) is 14.8. The third-order valence-electron chi connectivity index (χ3n) is 3.60. The fourth-order valence-electron chi connectivity index (χ4n) is 2.34. The maximum absolute atomic E-state index is 11.3. The summed E-state index contributed by atoms with van der Waals surface area (Å²) in [4.78, 5) is 19.7. The molecule has 1 amide bonds. The highest BCUT2D eigenvalue weighted by molar-refractivity contribution is 6.14. The Morgan fingerprint density at radius 2 is 1.83 bits per heavy atom. The third kappa shape index (κ3) is 2.98. The maximum atomic E-state index is 11.3. The highest BCUT2D eigenvalue weighted by Gasteiger charge is 2.13. The Hall–Kier alpha value is -3.54. The van der Waals surface area contributed by atoms with E-state index in [9.17, 15) is 4.79 Å². The summed E-state index contributed by atoms with van der Waals surface area (Å²) in [7, 11) is 0. The fraction of sp³-hybridized carbons (Fsp3) is 0. The maximum Gasteiger partial charge on any atom is 0.248 e. The number of amides is 1. The molecule has 1 aromatic carbocycles. The summed E-state index contributed by atoms with van der Waals surface area (Å²) in [5, 5.41) is 8.43. The highest BCUT2D eigenvalue weighted by atomic mass is 16.1. The number of nitrogens with two attached hydrogens (primary N) is 2. The van der Waals surface area contributed by atoms with Crippen LogP contribution in [0.5, 0.6) is 0 Å². The van der Waals surface area contributed by atoms with Crippen LogP contribution in [0.2, 0.25) is 0 Å². The van der Waals surface area contributed by atoms with Crippen LogP contribution in [0.4, 0.5) is 5.69 Å². The van der Waals surface area contributed by atoms with Crippen LogP contribution >= 0.6 is 0 Å². The minimum atomic E-state index is -0.539. The van der Waals surface area contributed by atoms with Crippen molar-refractivity contribution in [2.75, 3.05) is 5.73 Å². The van der Waals surface area contributed by atoms with E-state index in [1.165, 1.54) is 6.20 Å². The van der Waals surface area contributed by atoms with Crippen LogP contribution in [0.1, 0.15) is 21.5 Å². The number of rotatable bonds is 4. The molecule has 0 unspecified atom stereocenters. The fourth-order valence-corrected chi connectivity index (χ4v) is 2.34. The topological polar surface area (TPSA) is 119 Å². The molecule has 24 heavy (non-hydrogen) atoms. The molecule has 0 saturated carbocycles. The first-order chi connectivity index (χ1) is 11.6. The first kappa shape index (κ1) is 15.4. The zero-order chi connectivity index (χ0) is 17.1. The number of nitrogens with zero attached hydrogens (tertiary/aromatic N) is 2. The summed E-state index contributed by atoms with van der Waals surface area (Å²) >= 11 is 0. The normalized spacial score (nSPS) is 10.3. The third-order valence-corrected chi connectivity index (χ3v) is 3.60. The predicted octanol–water partition coefficient (Wildman–Crippen LogP) is 2.24. The molecule has 0 atom stereocenters. The van der Waals surface area contributed by atoms with E-state index in [0.29, 0.717) is 28.1 Å². The second-order valence-electron chi connectivity index (χ2n) is 5.22. The van der Waals surface area contributed by atoms with Gasteiger partial charge in [0.2, 0.25) is 5.91 Å². The zero-order valence-corrected chi connectivity index (χ0v) is 12.7. The summed E-state index contributed by atoms with van der Waals surface area (Å²) in [6, 6.07) is 12.0. The van der Waals surface area contributed by atoms with Gasteiger partial charge in [0.05, 0.1) is 23.3 Å². The molecule has 0 aliphatic carbocycles. The number of nitrogen functional groups attached to an aromatic ring is 1. The molecule has 118 valence electrons. The number of anilines is 1. The number of aromatic nitrogens is 2. The Labute approximate surface area is 138 Å². The van der Waals surface area contributed by atoms with E-state index in [1.54, 1.807) is 42.7 Å². The minimum Gasteiger partial charge on any atom is -0.397 e. The van der Waals surface area contributed by atoms with Crippen molar-refractivity contribution in [1.82, 2.24) is 9.97 Å². The van der Waals surface area contributed by atoms with Crippen molar-refractivity contribution in [3.05, 3.63) is 77.7 Å². The number of carbonyl (C=O) groups is 1. The predicted molar refractivity (Wildman–Crippen MR) is 92.8 cm³/mol. The summed E-state index contributed by atoms with van der Waals surface area (Å²) in [6.07, 6.45) is 4.89. The van der Waals surface area contributed by atoms with Crippen molar-refractivity contribution in [1.29, 1.82) is 5.41 Å². The van der Waals surface area contributed by atoms with Gasteiger partial charge < -0.3 is 11.5 Å². The minimum absolute atomic E-state index is 0.197. The molecule has 5 N–H and O–H groups in total. The molecule has 0 saturated heterocycles. The number of benzene rings is 1.